The average Bonchev–Trinajstić information content (AvgIpc) is 2.96. The zero-order chi connectivity index (χ0) is 30.3. The van der Waals surface area contributed by atoms with Gasteiger partial charge in [-0.1, -0.05) is 142 Å². The van der Waals surface area contributed by atoms with Crippen LogP contribution in [0.4, 0.5) is 0 Å². The molecule has 0 saturated carbocycles. The van der Waals surface area contributed by atoms with Crippen molar-refractivity contribution in [2.45, 2.75) is 168 Å². The quantitative estimate of drug-likeness (QED) is 0.0431. The lowest BCUT2D eigenvalue weighted by atomic mass is 10.0. The molecule has 0 spiro atoms. The Morgan fingerprint density at radius 2 is 1.07 bits per heavy atom. The molecule has 0 radical (unpaired) electrons. The summed E-state index contributed by atoms with van der Waals surface area (Å²) in [6.45, 7) is 4.69. The lowest BCUT2D eigenvalue weighted by Gasteiger charge is -2.20. The molecule has 0 saturated heterocycles. The van der Waals surface area contributed by atoms with E-state index in [2.05, 4.69) is 6.92 Å². The highest BCUT2D eigenvalue weighted by Gasteiger charge is 2.25. The molecule has 0 bridgehead atoms. The maximum atomic E-state index is 12.0. The molecule has 41 heavy (non-hydrogen) atoms. The average molecular weight is 608 g/mol. The van der Waals surface area contributed by atoms with Gasteiger partial charge in [0.05, 0.1) is 19.8 Å². The number of phosphoric ester groups is 1. The van der Waals surface area contributed by atoms with E-state index in [1.165, 1.54) is 116 Å². The second-order valence-corrected chi connectivity index (χ2v) is 12.8. The molecule has 246 valence electrons. The minimum absolute atomic E-state index is 0.0926. The number of hydrogen-bond donors (Lipinski definition) is 2. The van der Waals surface area contributed by atoms with Crippen LogP contribution >= 0.6 is 7.82 Å². The van der Waals surface area contributed by atoms with Crippen LogP contribution in [-0.2, 0) is 27.9 Å². The van der Waals surface area contributed by atoms with Gasteiger partial charge in [0.2, 0.25) is 0 Å². The van der Waals surface area contributed by atoms with Gasteiger partial charge in [-0.3, -0.25) is 13.8 Å². The monoisotopic (exact) mass is 607 g/mol. The highest BCUT2D eigenvalue weighted by Crippen LogP contribution is 2.43. The lowest BCUT2D eigenvalue weighted by molar-refractivity contribution is -0.154. The molecule has 8 nitrogen and oxygen atoms in total. The zero-order valence-electron chi connectivity index (χ0n) is 26.8. The third-order valence-corrected chi connectivity index (χ3v) is 8.26. The Bertz CT molecular complexity index is 609. The van der Waals surface area contributed by atoms with Crippen LogP contribution in [0.5, 0.6) is 0 Å². The summed E-state index contributed by atoms with van der Waals surface area (Å²) in [5.41, 5.74) is 5.29. The van der Waals surface area contributed by atoms with Gasteiger partial charge in [0, 0.05) is 19.6 Å². The minimum Gasteiger partial charge on any atom is -0.457 e. The molecule has 0 fully saturated rings. The van der Waals surface area contributed by atoms with Crippen LogP contribution in [0.25, 0.3) is 0 Å². The Labute approximate surface area is 252 Å². The van der Waals surface area contributed by atoms with Crippen molar-refractivity contribution in [2.75, 3.05) is 33.0 Å². The van der Waals surface area contributed by atoms with E-state index in [1.54, 1.807) is 0 Å². The van der Waals surface area contributed by atoms with Gasteiger partial charge in [0.15, 0.2) is 0 Å². The number of ether oxygens (including phenoxy) is 2. The molecule has 0 rings (SSSR count). The summed E-state index contributed by atoms with van der Waals surface area (Å²) in [5.74, 6) is -0.362. The van der Waals surface area contributed by atoms with E-state index in [0.717, 1.165) is 25.7 Å². The van der Waals surface area contributed by atoms with Crippen molar-refractivity contribution in [2.24, 2.45) is 5.73 Å². The maximum Gasteiger partial charge on any atom is 0.472 e. The Kier molecular flexibility index (Phi) is 30.6. The number of unbranched alkanes of at least 4 members (excludes halogenated alkanes) is 20. The maximum absolute atomic E-state index is 12.0. The van der Waals surface area contributed by atoms with E-state index in [0.29, 0.717) is 13.0 Å². The smallest absolute Gasteiger partial charge is 0.457 e. The van der Waals surface area contributed by atoms with Gasteiger partial charge in [-0.05, 0) is 12.8 Å². The van der Waals surface area contributed by atoms with E-state index >= 15 is 0 Å². The predicted molar refractivity (Wildman–Crippen MR) is 169 cm³/mol. The molecule has 9 heteroatoms. The van der Waals surface area contributed by atoms with Crippen molar-refractivity contribution in [3.63, 3.8) is 0 Å². The summed E-state index contributed by atoms with van der Waals surface area (Å²) < 4.78 is 32.7. The van der Waals surface area contributed by atoms with Crippen molar-refractivity contribution in [3.05, 3.63) is 0 Å². The lowest BCUT2D eigenvalue weighted by Crippen LogP contribution is -2.28. The highest BCUT2D eigenvalue weighted by molar-refractivity contribution is 7.47. The summed E-state index contributed by atoms with van der Waals surface area (Å²) in [7, 11) is -4.24. The Hall–Kier alpha value is -0.500. The molecule has 3 N–H and O–H groups in total. The van der Waals surface area contributed by atoms with Gasteiger partial charge in [0.25, 0.3) is 0 Å². The molecule has 0 heterocycles. The second-order valence-electron chi connectivity index (χ2n) is 11.4. The van der Waals surface area contributed by atoms with Crippen molar-refractivity contribution >= 4 is 13.8 Å². The van der Waals surface area contributed by atoms with Crippen LogP contribution in [0.2, 0.25) is 0 Å². The minimum atomic E-state index is -4.24. The Morgan fingerprint density at radius 1 is 0.634 bits per heavy atom. The molecule has 0 aromatic carbocycles. The van der Waals surface area contributed by atoms with Crippen molar-refractivity contribution in [1.82, 2.24) is 0 Å². The van der Waals surface area contributed by atoms with E-state index in [4.69, 9.17) is 24.3 Å². The SMILES string of the molecule is CCCCCCCCCCCCCCCCCCCCCCOCC(COP(=O)(O)OCCN)OC(=O)CCCC. The van der Waals surface area contributed by atoms with Crippen LogP contribution < -0.4 is 5.73 Å². The summed E-state index contributed by atoms with van der Waals surface area (Å²) >= 11 is 0. The zero-order valence-corrected chi connectivity index (χ0v) is 27.7. The van der Waals surface area contributed by atoms with Gasteiger partial charge in [-0.2, -0.15) is 0 Å². The van der Waals surface area contributed by atoms with Gasteiger partial charge in [-0.15, -0.1) is 0 Å². The molecule has 0 amide bonds. The fourth-order valence-corrected chi connectivity index (χ4v) is 5.50. The van der Waals surface area contributed by atoms with E-state index < -0.39 is 13.9 Å². The summed E-state index contributed by atoms with van der Waals surface area (Å²) in [6, 6.07) is 0. The molecular weight excluding hydrogens is 541 g/mol. The van der Waals surface area contributed by atoms with Gasteiger partial charge < -0.3 is 20.1 Å². The van der Waals surface area contributed by atoms with Crippen LogP contribution in [0, 0.1) is 0 Å². The van der Waals surface area contributed by atoms with Gasteiger partial charge in [-0.25, -0.2) is 4.57 Å². The van der Waals surface area contributed by atoms with Crippen LogP contribution in [0.3, 0.4) is 0 Å². The van der Waals surface area contributed by atoms with Crippen molar-refractivity contribution < 1.29 is 32.8 Å². The topological polar surface area (TPSA) is 117 Å². The number of hydrogen-bond acceptors (Lipinski definition) is 7. The standard InChI is InChI=1S/C32H66NO7P/c1-3-5-7-8-9-10-11-12-13-14-15-16-17-18-19-20-21-22-23-24-27-37-29-31(40-32(34)25-6-4-2)30-39-41(35,36)38-28-26-33/h31H,3-30,33H2,1-2H3,(H,35,36). The third-order valence-electron chi connectivity index (χ3n) is 7.27. The number of rotatable bonds is 33. The fraction of sp³-hybridized carbons (Fsp3) is 0.969. The second kappa shape index (κ2) is 30.9. The summed E-state index contributed by atoms with van der Waals surface area (Å²) in [4.78, 5) is 21.7. The molecule has 2 atom stereocenters. The first-order chi connectivity index (χ1) is 19.9. The Balaban J connectivity index is 3.68. The summed E-state index contributed by atoms with van der Waals surface area (Å²) in [5, 5.41) is 0. The number of carbonyl (C=O) groups is 1. The number of nitrogens with two attached hydrogens (primary N) is 1. The molecule has 0 aromatic rings. The van der Waals surface area contributed by atoms with Crippen molar-refractivity contribution in [3.8, 4) is 0 Å². The van der Waals surface area contributed by atoms with Gasteiger partial charge >= 0.3 is 13.8 Å². The number of esters is 1. The third kappa shape index (κ3) is 30.8. The van der Waals surface area contributed by atoms with E-state index in [1.807, 2.05) is 6.92 Å². The normalized spacial score (nSPS) is 13.8. The Morgan fingerprint density at radius 3 is 1.51 bits per heavy atom. The first-order valence-corrected chi connectivity index (χ1v) is 18.5. The van der Waals surface area contributed by atoms with Crippen LogP contribution in [-0.4, -0.2) is 49.9 Å². The first-order valence-electron chi connectivity index (χ1n) is 17.0. The molecule has 0 aliphatic heterocycles. The summed E-state index contributed by atoms with van der Waals surface area (Å²) in [6.07, 6.45) is 28.0. The van der Waals surface area contributed by atoms with E-state index in [9.17, 15) is 14.3 Å². The van der Waals surface area contributed by atoms with Crippen molar-refractivity contribution in [1.29, 1.82) is 0 Å². The molecular formula is C32H66NO7P. The molecule has 0 aliphatic carbocycles. The number of phosphoric acid groups is 1. The predicted octanol–water partition coefficient (Wildman–Crippen LogP) is 9.02. The first kappa shape index (κ1) is 40.5. The highest BCUT2D eigenvalue weighted by atomic mass is 31.2. The number of carbonyl (C=O) groups excluding carboxylic acids is 1. The van der Waals surface area contributed by atoms with Crippen LogP contribution in [0.15, 0.2) is 0 Å². The molecule has 2 unspecified atom stereocenters. The molecule has 0 aliphatic rings. The van der Waals surface area contributed by atoms with Crippen LogP contribution in [0.1, 0.15) is 162 Å². The largest absolute Gasteiger partial charge is 0.472 e. The van der Waals surface area contributed by atoms with E-state index in [-0.39, 0.29) is 32.3 Å². The fourth-order valence-electron chi connectivity index (χ4n) is 4.74. The van der Waals surface area contributed by atoms with Gasteiger partial charge in [0.1, 0.15) is 6.10 Å². The molecule has 0 aromatic heterocycles.